The van der Waals surface area contributed by atoms with Crippen LogP contribution in [0, 0.1) is 0 Å². The molecule has 0 saturated carbocycles. The number of ether oxygens (including phenoxy) is 2. The Kier molecular flexibility index (Phi) is 0.848. The fourth-order valence-electron chi connectivity index (χ4n) is 1.09. The molecule has 0 aromatic carbocycles. The van der Waals surface area contributed by atoms with Crippen LogP contribution < -0.4 is 0 Å². The van der Waals surface area contributed by atoms with Crippen LogP contribution in [0.25, 0.3) is 0 Å². The van der Waals surface area contributed by atoms with E-state index in [-0.39, 0.29) is 18.8 Å². The largest absolute Gasteiger partial charge is 0.394 e. The number of aliphatic hydroxyl groups is 1. The molecule has 8 heavy (non-hydrogen) atoms. The summed E-state index contributed by atoms with van der Waals surface area (Å²) in [5, 5.41) is 8.56. The van der Waals surface area contributed by atoms with Gasteiger partial charge in [0, 0.05) is 0 Å². The summed E-state index contributed by atoms with van der Waals surface area (Å²) in [5.74, 6) is 0. The second-order valence-electron chi connectivity index (χ2n) is 2.19. The molecule has 0 aliphatic carbocycles. The van der Waals surface area contributed by atoms with Gasteiger partial charge in [-0.3, -0.25) is 0 Å². The van der Waals surface area contributed by atoms with Crippen LogP contribution in [0.3, 0.4) is 0 Å². The maximum Gasteiger partial charge on any atom is 0.115 e. The molecule has 46 valence electrons. The topological polar surface area (TPSA) is 42.0 Å². The van der Waals surface area contributed by atoms with Gasteiger partial charge in [0.15, 0.2) is 0 Å². The molecule has 0 aromatic rings. The molecule has 2 rings (SSSR count). The fraction of sp³-hybridized carbons (Fsp3) is 1.00. The van der Waals surface area contributed by atoms with Crippen molar-refractivity contribution in [2.45, 2.75) is 18.3 Å². The molecule has 0 amide bonds. The first-order valence-electron chi connectivity index (χ1n) is 2.80. The lowest BCUT2D eigenvalue weighted by Gasteiger charge is -2.04. The summed E-state index contributed by atoms with van der Waals surface area (Å²) in [7, 11) is 0. The highest BCUT2D eigenvalue weighted by Gasteiger charge is 2.51. The van der Waals surface area contributed by atoms with Gasteiger partial charge in [0.2, 0.25) is 0 Å². The van der Waals surface area contributed by atoms with E-state index < -0.39 is 0 Å². The van der Waals surface area contributed by atoms with E-state index in [0.717, 1.165) is 0 Å². The van der Waals surface area contributed by atoms with Crippen LogP contribution >= 0.6 is 0 Å². The number of hydrogen-bond acceptors (Lipinski definition) is 3. The molecule has 3 unspecified atom stereocenters. The molecule has 3 nitrogen and oxygen atoms in total. The van der Waals surface area contributed by atoms with Crippen molar-refractivity contribution < 1.29 is 14.6 Å². The minimum Gasteiger partial charge on any atom is -0.394 e. The van der Waals surface area contributed by atoms with Crippen molar-refractivity contribution in [1.82, 2.24) is 0 Å². The number of rotatable bonds is 1. The van der Waals surface area contributed by atoms with Gasteiger partial charge in [0.25, 0.3) is 0 Å². The first kappa shape index (κ1) is 4.73. The Bertz CT molecular complexity index is 104. The van der Waals surface area contributed by atoms with Crippen LogP contribution in [0.4, 0.5) is 0 Å². The summed E-state index contributed by atoms with van der Waals surface area (Å²) in [6.07, 6.45) is 0.507. The Morgan fingerprint density at radius 1 is 1.62 bits per heavy atom. The maximum atomic E-state index is 8.56. The highest BCUT2D eigenvalue weighted by molar-refractivity contribution is 4.96. The van der Waals surface area contributed by atoms with Crippen molar-refractivity contribution >= 4 is 0 Å². The molecule has 2 aliphatic rings. The third-order valence-electron chi connectivity index (χ3n) is 1.64. The van der Waals surface area contributed by atoms with Crippen LogP contribution in [0.15, 0.2) is 0 Å². The fourth-order valence-corrected chi connectivity index (χ4v) is 1.09. The average molecular weight is 116 g/mol. The van der Waals surface area contributed by atoms with Gasteiger partial charge in [-0.1, -0.05) is 0 Å². The van der Waals surface area contributed by atoms with Crippen molar-refractivity contribution in [3.63, 3.8) is 0 Å². The first-order chi connectivity index (χ1) is 3.92. The van der Waals surface area contributed by atoms with Gasteiger partial charge >= 0.3 is 0 Å². The lowest BCUT2D eigenvalue weighted by molar-refractivity contribution is -0.00339. The Labute approximate surface area is 47.2 Å². The van der Waals surface area contributed by atoms with Crippen molar-refractivity contribution in [3.8, 4) is 0 Å². The molecule has 0 bridgehead atoms. The molecular formula is C5H8O3. The van der Waals surface area contributed by atoms with Gasteiger partial charge < -0.3 is 14.6 Å². The Hall–Kier alpha value is -0.120. The van der Waals surface area contributed by atoms with E-state index in [9.17, 15) is 0 Å². The van der Waals surface area contributed by atoms with E-state index >= 15 is 0 Å². The Morgan fingerprint density at radius 3 is 2.75 bits per heavy atom. The molecule has 2 fully saturated rings. The van der Waals surface area contributed by atoms with Crippen molar-refractivity contribution in [3.05, 3.63) is 0 Å². The van der Waals surface area contributed by atoms with Crippen LogP contribution in [-0.4, -0.2) is 36.6 Å². The van der Waals surface area contributed by atoms with E-state index in [2.05, 4.69) is 0 Å². The number of hydrogen-bond donors (Lipinski definition) is 1. The highest BCUT2D eigenvalue weighted by atomic mass is 16.7. The van der Waals surface area contributed by atoms with E-state index in [1.165, 1.54) is 0 Å². The van der Waals surface area contributed by atoms with Crippen LogP contribution in [0.5, 0.6) is 0 Å². The summed E-state index contributed by atoms with van der Waals surface area (Å²) >= 11 is 0. The zero-order valence-electron chi connectivity index (χ0n) is 4.41. The van der Waals surface area contributed by atoms with Gasteiger partial charge in [-0.2, -0.15) is 0 Å². The van der Waals surface area contributed by atoms with Crippen molar-refractivity contribution in [1.29, 1.82) is 0 Å². The van der Waals surface area contributed by atoms with Gasteiger partial charge in [-0.25, -0.2) is 0 Å². The average Bonchev–Trinajstić information content (AvgIpc) is 2.46. The molecule has 0 aromatic heterocycles. The molecule has 2 heterocycles. The predicted molar refractivity (Wildman–Crippen MR) is 25.5 cm³/mol. The summed E-state index contributed by atoms with van der Waals surface area (Å²) in [5.41, 5.74) is 0. The molecule has 0 spiro atoms. The summed E-state index contributed by atoms with van der Waals surface area (Å²) in [4.78, 5) is 0. The molecule has 1 N–H and O–H groups in total. The van der Waals surface area contributed by atoms with E-state index in [1.54, 1.807) is 0 Å². The smallest absolute Gasteiger partial charge is 0.115 e. The lowest BCUT2D eigenvalue weighted by Crippen LogP contribution is -2.18. The van der Waals surface area contributed by atoms with Crippen LogP contribution in [0.1, 0.15) is 0 Å². The predicted octanol–water partition coefficient (Wildman–Crippen LogP) is -0.855. The zero-order chi connectivity index (χ0) is 5.56. The SMILES string of the molecule is OCC1OCC2OC12. The Balaban J connectivity index is 1.97. The summed E-state index contributed by atoms with van der Waals surface area (Å²) in [6.45, 7) is 0.775. The van der Waals surface area contributed by atoms with Crippen LogP contribution in [0.2, 0.25) is 0 Å². The maximum absolute atomic E-state index is 8.56. The number of fused-ring (bicyclic) bond motifs is 1. The molecular weight excluding hydrogens is 108 g/mol. The summed E-state index contributed by atoms with van der Waals surface area (Å²) in [6, 6.07) is 0. The normalized spacial score (nSPS) is 51.4. The van der Waals surface area contributed by atoms with Crippen molar-refractivity contribution in [2.24, 2.45) is 0 Å². The van der Waals surface area contributed by atoms with E-state index in [1.807, 2.05) is 0 Å². The molecule has 3 atom stereocenters. The third-order valence-corrected chi connectivity index (χ3v) is 1.64. The monoisotopic (exact) mass is 116 g/mol. The lowest BCUT2D eigenvalue weighted by atomic mass is 10.2. The minimum absolute atomic E-state index is 0.0278. The standard InChI is InChI=1S/C5H8O3/c6-1-3-5-4(8-5)2-7-3/h3-6H,1-2H2. The van der Waals surface area contributed by atoms with Gasteiger partial charge in [0.1, 0.15) is 18.3 Å². The van der Waals surface area contributed by atoms with Crippen LogP contribution in [-0.2, 0) is 9.47 Å². The quantitative estimate of drug-likeness (QED) is 0.453. The molecule has 0 radical (unpaired) electrons. The van der Waals surface area contributed by atoms with E-state index in [0.29, 0.717) is 12.7 Å². The Morgan fingerprint density at radius 2 is 2.50 bits per heavy atom. The molecule has 2 aliphatic heterocycles. The van der Waals surface area contributed by atoms with Gasteiger partial charge in [0.05, 0.1) is 13.2 Å². The minimum atomic E-state index is -0.0278. The molecule has 2 saturated heterocycles. The highest BCUT2D eigenvalue weighted by Crippen LogP contribution is 2.33. The van der Waals surface area contributed by atoms with Crippen molar-refractivity contribution in [2.75, 3.05) is 13.2 Å². The second-order valence-corrected chi connectivity index (χ2v) is 2.19. The third kappa shape index (κ3) is 0.491. The van der Waals surface area contributed by atoms with E-state index in [4.69, 9.17) is 14.6 Å². The van der Waals surface area contributed by atoms with Gasteiger partial charge in [-0.05, 0) is 0 Å². The summed E-state index contributed by atoms with van der Waals surface area (Å²) < 4.78 is 10.2. The molecule has 3 heteroatoms. The van der Waals surface area contributed by atoms with Gasteiger partial charge in [-0.15, -0.1) is 0 Å². The first-order valence-corrected chi connectivity index (χ1v) is 2.80. The second kappa shape index (κ2) is 1.43. The number of aliphatic hydroxyl groups excluding tert-OH is 1. The number of epoxide rings is 1. The zero-order valence-corrected chi connectivity index (χ0v) is 4.41.